The average Bonchev–Trinajstić information content (AvgIpc) is 3.56. The average molecular weight is 850 g/mol. The molecule has 6 bridgehead atoms. The maximum atomic E-state index is 14.6. The van der Waals surface area contributed by atoms with Gasteiger partial charge in [0.2, 0.25) is 11.8 Å². The van der Waals surface area contributed by atoms with Gasteiger partial charge in [-0.25, -0.2) is 5.43 Å². The minimum absolute atomic E-state index is 0.0163. The van der Waals surface area contributed by atoms with E-state index in [0.717, 1.165) is 63.8 Å². The molecule has 2 aromatic heterocycles. The molecule has 4 aromatic rings. The van der Waals surface area contributed by atoms with Crippen LogP contribution in [0.3, 0.4) is 0 Å². The van der Waals surface area contributed by atoms with Crippen molar-refractivity contribution in [1.29, 1.82) is 0 Å². The third-order valence-electron chi connectivity index (χ3n) is 12.6. The van der Waals surface area contributed by atoms with Gasteiger partial charge in [0.05, 0.1) is 24.8 Å². The minimum Gasteiger partial charge on any atom is -0.508 e. The van der Waals surface area contributed by atoms with Gasteiger partial charge in [-0.1, -0.05) is 39.8 Å². The van der Waals surface area contributed by atoms with E-state index in [1.807, 2.05) is 38.2 Å². The van der Waals surface area contributed by atoms with Crippen LogP contribution >= 0.6 is 0 Å². The summed E-state index contributed by atoms with van der Waals surface area (Å²) in [5, 5.41) is 20.0. The van der Waals surface area contributed by atoms with Crippen LogP contribution in [0.15, 0.2) is 54.9 Å². The lowest BCUT2D eigenvalue weighted by Gasteiger charge is -2.37. The maximum absolute atomic E-state index is 14.6. The van der Waals surface area contributed by atoms with Gasteiger partial charge in [0.25, 0.3) is 5.91 Å². The first-order valence-electron chi connectivity index (χ1n) is 22.1. The normalized spacial score (nSPS) is 21.3. The number of aryl methyl sites for hydroxylation is 1. The number of aromatic hydroxyl groups is 1. The summed E-state index contributed by atoms with van der Waals surface area (Å²) in [4.78, 5) is 62.7. The van der Waals surface area contributed by atoms with E-state index in [1.54, 1.807) is 32.5 Å². The number of hydrazine groups is 1. The Labute approximate surface area is 364 Å². The van der Waals surface area contributed by atoms with Crippen molar-refractivity contribution >= 4 is 34.6 Å². The number of hydrogen-bond donors (Lipinski definition) is 4. The van der Waals surface area contributed by atoms with E-state index in [1.165, 1.54) is 9.91 Å². The van der Waals surface area contributed by atoms with E-state index in [9.17, 15) is 24.3 Å². The van der Waals surface area contributed by atoms with Crippen LogP contribution in [0.4, 0.5) is 0 Å². The molecule has 3 aliphatic rings. The lowest BCUT2D eigenvalue weighted by Crippen LogP contribution is -2.62. The third-order valence-corrected chi connectivity index (χ3v) is 12.6. The number of esters is 1. The number of benzene rings is 2. The van der Waals surface area contributed by atoms with E-state index < -0.39 is 41.3 Å². The standard InChI is InChI=1S/C48H63N7O7/c1-8-54-41-14-13-31-23-36(41)37(43(54)38-26-50-17-15-33(38)27-61-7)24-48(4,5)28-62-47(60)39-12-10-18-55(52-39)46(59)40(21-30-19-34(31)22-35(56)20-30)51-44(57)42(29(2)3)53(6)45(58)32-11-9-16-49-25-32/h13-15,17,19-20,22-23,26,29,32,39-40,42,49,52,56H,8-12,16,18,21,24-25,27-28H2,1-7H3,(H,51,57)/t32-,39+,40+,42?/m1/s1. The lowest BCUT2D eigenvalue weighted by molar-refractivity contribution is -0.155. The molecular weight excluding hydrogens is 787 g/mol. The number of cyclic esters (lactones) is 1. The number of ether oxygens (including phenoxy) is 2. The number of methoxy groups -OCH3 is 1. The number of piperidine rings is 1. The zero-order valence-electron chi connectivity index (χ0n) is 37.3. The molecule has 2 fully saturated rings. The number of aromatic nitrogens is 2. The number of amides is 3. The van der Waals surface area contributed by atoms with Crippen molar-refractivity contribution in [2.75, 3.05) is 40.4 Å². The number of fused-ring (bicyclic) bond motifs is 6. The molecule has 62 heavy (non-hydrogen) atoms. The predicted octanol–water partition coefficient (Wildman–Crippen LogP) is 5.37. The minimum atomic E-state index is -1.10. The molecule has 1 unspecified atom stereocenters. The summed E-state index contributed by atoms with van der Waals surface area (Å²) in [7, 11) is 3.34. The van der Waals surface area contributed by atoms with Crippen LogP contribution in [0.1, 0.15) is 77.0 Å². The summed E-state index contributed by atoms with van der Waals surface area (Å²) >= 11 is 0. The fourth-order valence-corrected chi connectivity index (χ4v) is 9.60. The largest absolute Gasteiger partial charge is 0.508 e. The number of carbonyl (C=O) groups excluding carboxylic acids is 4. The van der Waals surface area contributed by atoms with Crippen LogP contribution in [0.2, 0.25) is 0 Å². The molecule has 2 aromatic carbocycles. The lowest BCUT2D eigenvalue weighted by atomic mass is 9.84. The number of nitrogens with zero attached hydrogens (tertiary/aromatic N) is 4. The SMILES string of the molecule is CCn1c(-c2cnccc2COC)c2c3cc(ccc31)-c1cc(O)cc(c1)C[C@H](NC(=O)C(C(C)C)N(C)C(=O)[C@@H]1CCCNC1)C(=O)N1CCC[C@H](N1)C(=O)OCC(C)(C)C2. The summed E-state index contributed by atoms with van der Waals surface area (Å²) in [6.07, 6.45) is 6.88. The van der Waals surface area contributed by atoms with Crippen molar-refractivity contribution in [1.82, 2.24) is 35.5 Å². The Morgan fingerprint density at radius 2 is 1.90 bits per heavy atom. The van der Waals surface area contributed by atoms with Crippen LogP contribution in [0, 0.1) is 17.3 Å². The van der Waals surface area contributed by atoms with Crippen LogP contribution in [0.25, 0.3) is 33.3 Å². The first-order valence-corrected chi connectivity index (χ1v) is 22.1. The smallest absolute Gasteiger partial charge is 0.324 e. The highest BCUT2D eigenvalue weighted by Gasteiger charge is 2.39. The summed E-state index contributed by atoms with van der Waals surface area (Å²) in [6, 6.07) is 10.8. The zero-order chi connectivity index (χ0) is 44.3. The molecule has 0 spiro atoms. The van der Waals surface area contributed by atoms with Crippen molar-refractivity contribution in [3.05, 3.63) is 71.5 Å². The number of likely N-dealkylation sites (N-methyl/N-ethyl adjacent to an activating group) is 1. The van der Waals surface area contributed by atoms with Crippen molar-refractivity contribution in [3.63, 3.8) is 0 Å². The molecule has 7 rings (SSSR count). The second-order valence-corrected chi connectivity index (χ2v) is 18.4. The van der Waals surface area contributed by atoms with Gasteiger partial charge in [-0.05, 0) is 110 Å². The number of phenols is 1. The Morgan fingerprint density at radius 3 is 2.63 bits per heavy atom. The second-order valence-electron chi connectivity index (χ2n) is 18.4. The fraction of sp³-hybridized carbons (Fsp3) is 0.521. The Hall–Kier alpha value is -5.31. The van der Waals surface area contributed by atoms with Crippen molar-refractivity contribution in [2.24, 2.45) is 17.3 Å². The van der Waals surface area contributed by atoms with E-state index in [2.05, 4.69) is 58.5 Å². The van der Waals surface area contributed by atoms with Crippen molar-refractivity contribution in [3.8, 4) is 28.1 Å². The molecule has 3 amide bonds. The number of hydrogen-bond acceptors (Lipinski definition) is 10. The Bertz CT molecular complexity index is 2300. The molecule has 4 N–H and O–H groups in total. The first-order chi connectivity index (χ1) is 29.7. The van der Waals surface area contributed by atoms with E-state index in [-0.39, 0.29) is 36.5 Å². The summed E-state index contributed by atoms with van der Waals surface area (Å²) < 4.78 is 14.0. The molecule has 5 heterocycles. The molecule has 2 saturated heterocycles. The third kappa shape index (κ3) is 9.52. The van der Waals surface area contributed by atoms with Gasteiger partial charge in [0.15, 0.2) is 0 Å². The quantitative estimate of drug-likeness (QED) is 0.161. The van der Waals surface area contributed by atoms with Crippen LogP contribution in [-0.4, -0.2) is 107 Å². The fourth-order valence-electron chi connectivity index (χ4n) is 9.60. The summed E-state index contributed by atoms with van der Waals surface area (Å²) in [5.41, 5.74) is 9.93. The number of carbonyl (C=O) groups is 4. The molecule has 0 radical (unpaired) electrons. The van der Waals surface area contributed by atoms with Crippen molar-refractivity contribution < 1.29 is 33.8 Å². The van der Waals surface area contributed by atoms with Crippen LogP contribution in [-0.2, 0) is 54.6 Å². The van der Waals surface area contributed by atoms with Gasteiger partial charge in [0.1, 0.15) is 23.9 Å². The summed E-state index contributed by atoms with van der Waals surface area (Å²) in [5.74, 6) is -1.93. The molecule has 4 atom stereocenters. The van der Waals surface area contributed by atoms with Gasteiger partial charge in [-0.3, -0.25) is 29.2 Å². The van der Waals surface area contributed by atoms with Gasteiger partial charge < -0.3 is 34.7 Å². The highest BCUT2D eigenvalue weighted by molar-refractivity contribution is 5.96. The molecule has 0 saturated carbocycles. The molecule has 14 nitrogen and oxygen atoms in total. The van der Waals surface area contributed by atoms with Gasteiger partial charge in [-0.15, -0.1) is 0 Å². The van der Waals surface area contributed by atoms with Gasteiger partial charge in [0, 0.05) is 74.5 Å². The number of rotatable bonds is 9. The van der Waals surface area contributed by atoms with Crippen LogP contribution < -0.4 is 16.1 Å². The van der Waals surface area contributed by atoms with E-state index in [0.29, 0.717) is 51.1 Å². The molecular formula is C48H63N7O7. The number of pyridine rings is 1. The highest BCUT2D eigenvalue weighted by atomic mass is 16.5. The predicted molar refractivity (Wildman–Crippen MR) is 238 cm³/mol. The Morgan fingerprint density at radius 1 is 1.10 bits per heavy atom. The zero-order valence-corrected chi connectivity index (χ0v) is 37.3. The monoisotopic (exact) mass is 849 g/mol. The van der Waals surface area contributed by atoms with Gasteiger partial charge >= 0.3 is 5.97 Å². The topological polar surface area (TPSA) is 167 Å². The van der Waals surface area contributed by atoms with E-state index >= 15 is 0 Å². The van der Waals surface area contributed by atoms with Gasteiger partial charge in [-0.2, -0.15) is 0 Å². The van der Waals surface area contributed by atoms with E-state index in [4.69, 9.17) is 9.47 Å². The Kier molecular flexibility index (Phi) is 13.7. The molecule has 0 aliphatic carbocycles. The molecule has 3 aliphatic heterocycles. The molecule has 14 heteroatoms. The van der Waals surface area contributed by atoms with Crippen LogP contribution in [0.5, 0.6) is 5.75 Å². The summed E-state index contributed by atoms with van der Waals surface area (Å²) in [6.45, 7) is 13.0. The Balaban J connectivity index is 1.33. The highest BCUT2D eigenvalue weighted by Crippen LogP contribution is 2.41. The van der Waals surface area contributed by atoms with Crippen molar-refractivity contribution in [2.45, 2.75) is 104 Å². The molecule has 332 valence electrons. The maximum Gasteiger partial charge on any atom is 0.324 e. The second kappa shape index (κ2) is 19.0. The first kappa shape index (κ1) is 44.7. The number of nitrogens with one attached hydrogen (secondary N) is 3. The number of phenolic OH excluding ortho intramolecular Hbond substituents is 1.